The summed E-state index contributed by atoms with van der Waals surface area (Å²) in [5.74, 6) is 0.112. The molecule has 0 fully saturated rings. The van der Waals surface area contributed by atoms with E-state index in [2.05, 4.69) is 0 Å². The van der Waals surface area contributed by atoms with Gasteiger partial charge in [0.25, 0.3) is 0 Å². The highest BCUT2D eigenvalue weighted by molar-refractivity contribution is 5.88. The van der Waals surface area contributed by atoms with Crippen LogP contribution in [-0.4, -0.2) is 17.2 Å². The first-order valence-corrected chi connectivity index (χ1v) is 5.45. The largest absolute Gasteiger partial charge is 0.491 e. The van der Waals surface area contributed by atoms with Crippen LogP contribution in [0.1, 0.15) is 49.5 Å². The van der Waals surface area contributed by atoms with Crippen molar-refractivity contribution < 1.29 is 14.6 Å². The van der Waals surface area contributed by atoms with Gasteiger partial charge in [0.2, 0.25) is 0 Å². The predicted octanol–water partition coefficient (Wildman–Crippen LogP) is 3.30. The summed E-state index contributed by atoms with van der Waals surface area (Å²) in [5, 5.41) is 8.92. The van der Waals surface area contributed by atoms with Crippen LogP contribution in [0.5, 0.6) is 5.75 Å². The van der Waals surface area contributed by atoms with E-state index in [0.717, 1.165) is 11.3 Å². The van der Waals surface area contributed by atoms with Gasteiger partial charge in [-0.25, -0.2) is 4.79 Å². The van der Waals surface area contributed by atoms with Gasteiger partial charge in [-0.15, -0.1) is 0 Å². The van der Waals surface area contributed by atoms with Crippen molar-refractivity contribution in [2.75, 3.05) is 0 Å². The fourth-order valence-corrected chi connectivity index (χ4v) is 1.49. The summed E-state index contributed by atoms with van der Waals surface area (Å²) in [7, 11) is 0. The minimum atomic E-state index is -0.905. The van der Waals surface area contributed by atoms with Gasteiger partial charge in [0, 0.05) is 0 Å². The quantitative estimate of drug-likeness (QED) is 0.850. The molecule has 1 N–H and O–H groups in total. The average molecular weight is 222 g/mol. The first kappa shape index (κ1) is 12.6. The molecule has 0 atom stereocenters. The maximum absolute atomic E-state index is 10.9. The van der Waals surface area contributed by atoms with Crippen molar-refractivity contribution in [1.29, 1.82) is 0 Å². The van der Waals surface area contributed by atoms with Gasteiger partial charge in [0.15, 0.2) is 0 Å². The number of benzene rings is 1. The highest BCUT2D eigenvalue weighted by Gasteiger charge is 2.12. The van der Waals surface area contributed by atoms with Crippen molar-refractivity contribution >= 4 is 5.97 Å². The summed E-state index contributed by atoms with van der Waals surface area (Å²) in [6, 6.07) is 5.00. The second-order valence-corrected chi connectivity index (χ2v) is 4.38. The van der Waals surface area contributed by atoms with E-state index in [1.807, 2.05) is 27.7 Å². The van der Waals surface area contributed by atoms with Gasteiger partial charge in [0.05, 0.1) is 11.7 Å². The lowest BCUT2D eigenvalue weighted by Gasteiger charge is -2.16. The van der Waals surface area contributed by atoms with Crippen LogP contribution >= 0.6 is 0 Å². The second kappa shape index (κ2) is 5.01. The highest BCUT2D eigenvalue weighted by Crippen LogP contribution is 2.28. The van der Waals surface area contributed by atoms with Crippen molar-refractivity contribution in [3.05, 3.63) is 29.3 Å². The molecule has 1 aromatic carbocycles. The Morgan fingerprint density at radius 1 is 1.25 bits per heavy atom. The minimum absolute atomic E-state index is 0.0909. The summed E-state index contributed by atoms with van der Waals surface area (Å²) in [6.45, 7) is 7.95. The zero-order chi connectivity index (χ0) is 12.3. The Labute approximate surface area is 96.1 Å². The van der Waals surface area contributed by atoms with Gasteiger partial charge in [-0.2, -0.15) is 0 Å². The van der Waals surface area contributed by atoms with Crippen LogP contribution < -0.4 is 4.74 Å². The van der Waals surface area contributed by atoms with Crippen LogP contribution in [0.25, 0.3) is 0 Å². The summed E-state index contributed by atoms with van der Waals surface area (Å²) in [4.78, 5) is 10.9. The van der Waals surface area contributed by atoms with Gasteiger partial charge in [0.1, 0.15) is 5.75 Å². The van der Waals surface area contributed by atoms with Crippen molar-refractivity contribution in [2.45, 2.75) is 39.7 Å². The molecule has 0 spiro atoms. The van der Waals surface area contributed by atoms with Crippen molar-refractivity contribution in [1.82, 2.24) is 0 Å². The molecule has 16 heavy (non-hydrogen) atoms. The van der Waals surface area contributed by atoms with E-state index >= 15 is 0 Å². The molecular weight excluding hydrogens is 204 g/mol. The lowest BCUT2D eigenvalue weighted by molar-refractivity contribution is 0.0696. The van der Waals surface area contributed by atoms with Gasteiger partial charge in [-0.05, 0) is 43.5 Å². The molecule has 0 radical (unpaired) electrons. The number of hydrogen-bond donors (Lipinski definition) is 1. The van der Waals surface area contributed by atoms with Crippen LogP contribution in [0, 0.1) is 0 Å². The lowest BCUT2D eigenvalue weighted by atomic mass is 9.99. The monoisotopic (exact) mass is 222 g/mol. The number of rotatable bonds is 4. The number of aromatic carboxylic acids is 1. The Kier molecular flexibility index (Phi) is 3.93. The van der Waals surface area contributed by atoms with E-state index in [0.29, 0.717) is 5.56 Å². The number of hydrogen-bond acceptors (Lipinski definition) is 2. The second-order valence-electron chi connectivity index (χ2n) is 4.38. The molecule has 0 aliphatic rings. The molecular formula is C13H18O3. The molecule has 1 rings (SSSR count). The fourth-order valence-electron chi connectivity index (χ4n) is 1.49. The van der Waals surface area contributed by atoms with E-state index in [9.17, 15) is 4.79 Å². The molecule has 0 bridgehead atoms. The average Bonchev–Trinajstić information content (AvgIpc) is 2.16. The Morgan fingerprint density at radius 3 is 2.31 bits per heavy atom. The zero-order valence-electron chi connectivity index (χ0n) is 10.2. The highest BCUT2D eigenvalue weighted by atomic mass is 16.5. The standard InChI is InChI=1S/C13H18O3/c1-8(2)11-7-10(13(14)15)5-6-12(11)16-9(3)4/h5-9H,1-4H3,(H,14,15). The molecule has 0 aliphatic heterocycles. The summed E-state index contributed by atoms with van der Waals surface area (Å²) in [6.07, 6.45) is 0.0909. The number of carbonyl (C=O) groups is 1. The molecule has 3 heteroatoms. The van der Waals surface area contributed by atoms with E-state index in [4.69, 9.17) is 9.84 Å². The van der Waals surface area contributed by atoms with Crippen LogP contribution in [0.2, 0.25) is 0 Å². The Hall–Kier alpha value is -1.51. The third-order valence-corrected chi connectivity index (χ3v) is 2.24. The maximum Gasteiger partial charge on any atom is 0.335 e. The van der Waals surface area contributed by atoms with Crippen LogP contribution in [0.4, 0.5) is 0 Å². The van der Waals surface area contributed by atoms with Gasteiger partial charge < -0.3 is 9.84 Å². The molecule has 0 unspecified atom stereocenters. The third-order valence-electron chi connectivity index (χ3n) is 2.24. The Balaban J connectivity index is 3.14. The van der Waals surface area contributed by atoms with Gasteiger partial charge in [-0.1, -0.05) is 13.8 Å². The van der Waals surface area contributed by atoms with Crippen LogP contribution in [0.15, 0.2) is 18.2 Å². The Morgan fingerprint density at radius 2 is 1.88 bits per heavy atom. The molecule has 0 aliphatic carbocycles. The van der Waals surface area contributed by atoms with E-state index in [-0.39, 0.29) is 12.0 Å². The first-order chi connectivity index (χ1) is 7.41. The van der Waals surface area contributed by atoms with Crippen LogP contribution in [0.3, 0.4) is 0 Å². The Bertz CT molecular complexity index is 381. The molecule has 0 saturated carbocycles. The SMILES string of the molecule is CC(C)Oc1ccc(C(=O)O)cc1C(C)C. The molecule has 3 nitrogen and oxygen atoms in total. The van der Waals surface area contributed by atoms with Crippen LogP contribution in [-0.2, 0) is 0 Å². The van der Waals surface area contributed by atoms with E-state index in [1.165, 1.54) is 0 Å². The number of carboxylic acids is 1. The van der Waals surface area contributed by atoms with Gasteiger partial charge in [-0.3, -0.25) is 0 Å². The zero-order valence-corrected chi connectivity index (χ0v) is 10.2. The fraction of sp³-hybridized carbons (Fsp3) is 0.462. The molecule has 0 heterocycles. The van der Waals surface area contributed by atoms with E-state index in [1.54, 1.807) is 18.2 Å². The normalized spacial score (nSPS) is 10.9. The van der Waals surface area contributed by atoms with E-state index < -0.39 is 5.97 Å². The molecule has 1 aromatic rings. The molecule has 88 valence electrons. The first-order valence-electron chi connectivity index (χ1n) is 5.45. The molecule has 0 aromatic heterocycles. The summed E-state index contributed by atoms with van der Waals surface area (Å²) in [5.41, 5.74) is 1.24. The number of carboxylic acid groups (broad SMARTS) is 1. The maximum atomic E-state index is 10.9. The smallest absolute Gasteiger partial charge is 0.335 e. The van der Waals surface area contributed by atoms with Gasteiger partial charge >= 0.3 is 5.97 Å². The summed E-state index contributed by atoms with van der Waals surface area (Å²) < 4.78 is 5.65. The predicted molar refractivity (Wildman–Crippen MR) is 63.3 cm³/mol. The molecule has 0 saturated heterocycles. The van der Waals surface area contributed by atoms with Crippen molar-refractivity contribution in [2.24, 2.45) is 0 Å². The van der Waals surface area contributed by atoms with Crippen molar-refractivity contribution in [3.8, 4) is 5.75 Å². The molecule has 0 amide bonds. The number of ether oxygens (including phenoxy) is 1. The third kappa shape index (κ3) is 2.99. The topological polar surface area (TPSA) is 46.5 Å². The minimum Gasteiger partial charge on any atom is -0.491 e. The lowest BCUT2D eigenvalue weighted by Crippen LogP contribution is -2.09. The van der Waals surface area contributed by atoms with Crippen molar-refractivity contribution in [3.63, 3.8) is 0 Å². The summed E-state index contributed by atoms with van der Waals surface area (Å²) >= 11 is 0.